The van der Waals surface area contributed by atoms with Gasteiger partial charge in [-0.2, -0.15) is 0 Å². The summed E-state index contributed by atoms with van der Waals surface area (Å²) in [7, 11) is 0. The molecule has 0 unspecified atom stereocenters. The Balaban J connectivity index is 2.32. The minimum absolute atomic E-state index is 0.0157. The smallest absolute Gasteiger partial charge is 0.449 e. The average Bonchev–Trinajstić information content (AvgIpc) is 2.83. The number of ether oxygens (including phenoxy) is 1. The van der Waals surface area contributed by atoms with E-state index in [0.29, 0.717) is 0 Å². The molecule has 17 heavy (non-hydrogen) atoms. The number of hydrogen-bond donors (Lipinski definition) is 1. The fourth-order valence-electron chi connectivity index (χ4n) is 2.03. The van der Waals surface area contributed by atoms with Crippen molar-refractivity contribution in [3.05, 3.63) is 16.2 Å². The molecule has 1 aliphatic rings. The van der Waals surface area contributed by atoms with Crippen LogP contribution in [0, 0.1) is 10.1 Å². The molecule has 92 valence electrons. The lowest BCUT2D eigenvalue weighted by molar-refractivity contribution is -0.389. The lowest BCUT2D eigenvalue weighted by Gasteiger charge is -2.07. The Bertz CT molecular complexity index is 449. The van der Waals surface area contributed by atoms with Gasteiger partial charge in [0.25, 0.3) is 5.88 Å². The van der Waals surface area contributed by atoms with Crippen LogP contribution in [-0.4, -0.2) is 26.0 Å². The number of aromatic nitrogens is 2. The maximum Gasteiger partial charge on any atom is 0.512 e. The molecule has 0 atom stereocenters. The first-order valence-electron chi connectivity index (χ1n) is 5.22. The van der Waals surface area contributed by atoms with Gasteiger partial charge < -0.3 is 20.0 Å². The Kier molecular flexibility index (Phi) is 2.94. The maximum atomic E-state index is 10.6. The van der Waals surface area contributed by atoms with E-state index in [0.717, 1.165) is 31.7 Å². The first kappa shape index (κ1) is 11.4. The van der Waals surface area contributed by atoms with Gasteiger partial charge in [-0.05, 0) is 17.8 Å². The summed E-state index contributed by atoms with van der Waals surface area (Å²) in [5.41, 5.74) is 0. The molecular formula is C9H11N3O5. The summed E-state index contributed by atoms with van der Waals surface area (Å²) in [4.78, 5) is 20.4. The predicted octanol–water partition coefficient (Wildman–Crippen LogP) is 1.96. The van der Waals surface area contributed by atoms with Crippen LogP contribution in [0.15, 0.2) is 6.07 Å². The first-order chi connectivity index (χ1) is 8.08. The second kappa shape index (κ2) is 4.40. The summed E-state index contributed by atoms with van der Waals surface area (Å²) in [6.45, 7) is 0. The normalized spacial score (nSPS) is 16.0. The van der Waals surface area contributed by atoms with Crippen molar-refractivity contribution in [2.75, 3.05) is 0 Å². The summed E-state index contributed by atoms with van der Waals surface area (Å²) in [6, 6.07) is 1.02. The zero-order valence-corrected chi connectivity index (χ0v) is 8.90. The van der Waals surface area contributed by atoms with Gasteiger partial charge in [0.15, 0.2) is 0 Å². The highest BCUT2D eigenvalue weighted by atomic mass is 16.7. The summed E-state index contributed by atoms with van der Waals surface area (Å²) in [6.07, 6.45) is 2.17. The molecule has 0 saturated heterocycles. The monoisotopic (exact) mass is 241 g/mol. The Morgan fingerprint density at radius 1 is 1.59 bits per heavy atom. The third-order valence-electron chi connectivity index (χ3n) is 2.74. The zero-order valence-electron chi connectivity index (χ0n) is 8.90. The number of carboxylic acid groups (broad SMARTS) is 1. The number of hydrogen-bond acceptors (Lipinski definition) is 5. The van der Waals surface area contributed by atoms with Crippen LogP contribution >= 0.6 is 0 Å². The van der Waals surface area contributed by atoms with Gasteiger partial charge in [-0.25, -0.2) is 4.79 Å². The molecule has 1 aromatic rings. The van der Waals surface area contributed by atoms with E-state index in [1.165, 1.54) is 4.68 Å². The molecule has 0 bridgehead atoms. The topological polar surface area (TPSA) is 107 Å². The van der Waals surface area contributed by atoms with Crippen LogP contribution in [0.25, 0.3) is 0 Å². The minimum Gasteiger partial charge on any atom is -0.449 e. The molecule has 0 aromatic carbocycles. The lowest BCUT2D eigenvalue weighted by atomic mass is 10.3. The molecule has 0 radical (unpaired) electrons. The highest BCUT2D eigenvalue weighted by molar-refractivity contribution is 5.60. The standard InChI is InChI=1S/C9H11N3O5/c13-9(14)17-8-5-7(12(15)16)10-11(8)6-3-1-2-4-6/h5-6H,1-4H2,(H,13,14). The van der Waals surface area contributed by atoms with E-state index in [2.05, 4.69) is 9.84 Å². The van der Waals surface area contributed by atoms with Crippen LogP contribution < -0.4 is 4.74 Å². The van der Waals surface area contributed by atoms with E-state index in [-0.39, 0.29) is 11.9 Å². The third kappa shape index (κ3) is 2.35. The minimum atomic E-state index is -1.50. The zero-order chi connectivity index (χ0) is 12.4. The second-order valence-corrected chi connectivity index (χ2v) is 3.85. The van der Waals surface area contributed by atoms with Crippen LogP contribution in [0.3, 0.4) is 0 Å². The van der Waals surface area contributed by atoms with Gasteiger partial charge in [0.2, 0.25) is 0 Å². The lowest BCUT2D eigenvalue weighted by Crippen LogP contribution is -2.12. The van der Waals surface area contributed by atoms with Gasteiger partial charge in [0.05, 0.1) is 11.1 Å². The molecule has 1 N–H and O–H groups in total. The molecule has 0 spiro atoms. The van der Waals surface area contributed by atoms with Crippen molar-refractivity contribution in [3.63, 3.8) is 0 Å². The molecule has 1 heterocycles. The van der Waals surface area contributed by atoms with Crippen molar-refractivity contribution in [2.24, 2.45) is 0 Å². The molecule has 1 aromatic heterocycles. The third-order valence-corrected chi connectivity index (χ3v) is 2.74. The van der Waals surface area contributed by atoms with Gasteiger partial charge in [0, 0.05) is 0 Å². The Morgan fingerprint density at radius 3 is 2.76 bits per heavy atom. The second-order valence-electron chi connectivity index (χ2n) is 3.85. The van der Waals surface area contributed by atoms with Gasteiger partial charge in [-0.15, -0.1) is 4.68 Å². The fourth-order valence-corrected chi connectivity index (χ4v) is 2.03. The van der Waals surface area contributed by atoms with Gasteiger partial charge in [-0.3, -0.25) is 0 Å². The van der Waals surface area contributed by atoms with E-state index >= 15 is 0 Å². The van der Waals surface area contributed by atoms with Crippen LogP contribution in [0.4, 0.5) is 10.6 Å². The van der Waals surface area contributed by atoms with Crippen molar-refractivity contribution in [2.45, 2.75) is 31.7 Å². The molecule has 0 amide bonds. The quantitative estimate of drug-likeness (QED) is 0.492. The van der Waals surface area contributed by atoms with Crippen molar-refractivity contribution < 1.29 is 19.6 Å². The number of nitrogens with zero attached hydrogens (tertiary/aromatic N) is 3. The molecule has 1 fully saturated rings. The summed E-state index contributed by atoms with van der Waals surface area (Å²) in [5.74, 6) is -0.482. The summed E-state index contributed by atoms with van der Waals surface area (Å²) in [5, 5.41) is 22.9. The Morgan fingerprint density at radius 2 is 2.24 bits per heavy atom. The van der Waals surface area contributed by atoms with Crippen molar-refractivity contribution >= 4 is 12.0 Å². The van der Waals surface area contributed by atoms with Crippen molar-refractivity contribution in [1.29, 1.82) is 0 Å². The van der Waals surface area contributed by atoms with Crippen LogP contribution in [0.5, 0.6) is 5.88 Å². The Hall–Kier alpha value is -2.12. The number of rotatable bonds is 3. The highest BCUT2D eigenvalue weighted by Gasteiger charge is 2.29. The van der Waals surface area contributed by atoms with E-state index in [1.54, 1.807) is 0 Å². The van der Waals surface area contributed by atoms with Gasteiger partial charge in [-0.1, -0.05) is 12.8 Å². The first-order valence-corrected chi connectivity index (χ1v) is 5.22. The van der Waals surface area contributed by atoms with Crippen LogP contribution in [0.2, 0.25) is 0 Å². The average molecular weight is 241 g/mol. The highest BCUT2D eigenvalue weighted by Crippen LogP contribution is 2.34. The van der Waals surface area contributed by atoms with E-state index in [1.807, 2.05) is 0 Å². The maximum absolute atomic E-state index is 10.6. The molecule has 8 heteroatoms. The van der Waals surface area contributed by atoms with Crippen molar-refractivity contribution in [3.8, 4) is 5.88 Å². The van der Waals surface area contributed by atoms with Crippen LogP contribution in [-0.2, 0) is 0 Å². The SMILES string of the molecule is O=C(O)Oc1cc([N+](=O)[O-])nn1C1CCCC1. The molecule has 1 aliphatic carbocycles. The largest absolute Gasteiger partial charge is 0.512 e. The fraction of sp³-hybridized carbons (Fsp3) is 0.556. The molecular weight excluding hydrogens is 230 g/mol. The van der Waals surface area contributed by atoms with Gasteiger partial charge in [0.1, 0.15) is 6.07 Å². The molecule has 0 aliphatic heterocycles. The van der Waals surface area contributed by atoms with E-state index < -0.39 is 16.9 Å². The number of carbonyl (C=O) groups is 1. The summed E-state index contributed by atoms with van der Waals surface area (Å²) < 4.78 is 5.81. The Labute approximate surface area is 95.9 Å². The molecule has 8 nitrogen and oxygen atoms in total. The predicted molar refractivity (Wildman–Crippen MR) is 55.0 cm³/mol. The molecule has 1 saturated carbocycles. The number of nitro groups is 1. The molecule has 2 rings (SSSR count). The summed E-state index contributed by atoms with van der Waals surface area (Å²) >= 11 is 0. The van der Waals surface area contributed by atoms with Crippen molar-refractivity contribution in [1.82, 2.24) is 9.78 Å². The van der Waals surface area contributed by atoms with Crippen LogP contribution in [0.1, 0.15) is 31.7 Å². The van der Waals surface area contributed by atoms with Gasteiger partial charge >= 0.3 is 12.0 Å². The van der Waals surface area contributed by atoms with E-state index in [9.17, 15) is 14.9 Å². The van der Waals surface area contributed by atoms with E-state index in [4.69, 9.17) is 5.11 Å².